The minimum Gasteiger partial charge on any atom is -0.482 e. The smallest absolute Gasteiger partial charge is 0.341 e. The van der Waals surface area contributed by atoms with Gasteiger partial charge in [-0.15, -0.1) is 0 Å². The first kappa shape index (κ1) is 20.1. The number of carboxylic acid groups (broad SMARTS) is 1. The molecule has 0 bridgehead atoms. The fourth-order valence-electron chi connectivity index (χ4n) is 3.75. The highest BCUT2D eigenvalue weighted by Crippen LogP contribution is 2.33. The van der Waals surface area contributed by atoms with Gasteiger partial charge in [-0.05, 0) is 48.7 Å². The molecular formula is C23H23FN2O4. The van der Waals surface area contributed by atoms with Crippen molar-refractivity contribution in [2.75, 3.05) is 13.2 Å². The summed E-state index contributed by atoms with van der Waals surface area (Å²) >= 11 is 0. The number of nitrogens with zero attached hydrogens (tertiary/aromatic N) is 2. The van der Waals surface area contributed by atoms with Gasteiger partial charge in [-0.1, -0.05) is 30.3 Å². The Morgan fingerprint density at radius 3 is 2.80 bits per heavy atom. The molecule has 0 aliphatic carbocycles. The van der Waals surface area contributed by atoms with Gasteiger partial charge >= 0.3 is 5.97 Å². The Bertz CT molecular complexity index is 1000. The zero-order valence-corrected chi connectivity index (χ0v) is 16.5. The molecule has 30 heavy (non-hydrogen) atoms. The molecular weight excluding hydrogens is 387 g/mol. The van der Waals surface area contributed by atoms with Crippen molar-refractivity contribution < 1.29 is 23.4 Å². The van der Waals surface area contributed by atoms with E-state index in [-0.39, 0.29) is 18.5 Å². The van der Waals surface area contributed by atoms with Gasteiger partial charge in [0.25, 0.3) is 0 Å². The first-order valence-electron chi connectivity index (χ1n) is 9.94. The number of aromatic nitrogens is 1. The number of ether oxygens (including phenoxy) is 1. The first-order valence-corrected chi connectivity index (χ1v) is 9.94. The van der Waals surface area contributed by atoms with Gasteiger partial charge in [0, 0.05) is 13.0 Å². The van der Waals surface area contributed by atoms with E-state index < -0.39 is 5.97 Å². The number of aliphatic carboxylic acids is 1. The van der Waals surface area contributed by atoms with Gasteiger partial charge in [-0.2, -0.15) is 0 Å². The molecule has 1 unspecified atom stereocenters. The van der Waals surface area contributed by atoms with Crippen molar-refractivity contribution in [3.63, 3.8) is 0 Å². The summed E-state index contributed by atoms with van der Waals surface area (Å²) in [4.78, 5) is 17.4. The van der Waals surface area contributed by atoms with Crippen molar-refractivity contribution in [2.24, 2.45) is 0 Å². The zero-order valence-electron chi connectivity index (χ0n) is 16.5. The Hall–Kier alpha value is -3.19. The fourth-order valence-corrected chi connectivity index (χ4v) is 3.75. The van der Waals surface area contributed by atoms with Crippen LogP contribution in [0.4, 0.5) is 4.39 Å². The van der Waals surface area contributed by atoms with Gasteiger partial charge < -0.3 is 14.3 Å². The van der Waals surface area contributed by atoms with Crippen LogP contribution in [0.2, 0.25) is 0 Å². The maximum absolute atomic E-state index is 13.9. The Kier molecular flexibility index (Phi) is 6.09. The van der Waals surface area contributed by atoms with Crippen molar-refractivity contribution in [1.82, 2.24) is 9.88 Å². The van der Waals surface area contributed by atoms with Gasteiger partial charge in [0.2, 0.25) is 5.89 Å². The van der Waals surface area contributed by atoms with Gasteiger partial charge in [0.15, 0.2) is 6.61 Å². The van der Waals surface area contributed by atoms with Crippen LogP contribution in [-0.2, 0) is 17.8 Å². The summed E-state index contributed by atoms with van der Waals surface area (Å²) in [6.45, 7) is 1.31. The van der Waals surface area contributed by atoms with E-state index >= 15 is 0 Å². The summed E-state index contributed by atoms with van der Waals surface area (Å²) in [6, 6.07) is 14.2. The second-order valence-corrected chi connectivity index (χ2v) is 7.39. The van der Waals surface area contributed by atoms with Crippen LogP contribution < -0.4 is 4.74 Å². The van der Waals surface area contributed by atoms with E-state index in [0.29, 0.717) is 29.4 Å². The Labute approximate surface area is 173 Å². The van der Waals surface area contributed by atoms with E-state index in [1.807, 2.05) is 18.2 Å². The molecule has 1 atom stereocenters. The largest absolute Gasteiger partial charge is 0.482 e. The van der Waals surface area contributed by atoms with Crippen molar-refractivity contribution >= 4 is 5.97 Å². The second-order valence-electron chi connectivity index (χ2n) is 7.39. The van der Waals surface area contributed by atoms with Crippen molar-refractivity contribution in [1.29, 1.82) is 0 Å². The molecule has 156 valence electrons. The molecule has 2 heterocycles. The standard InChI is InChI=1S/C23H23FN2O4/c24-20-5-2-1-4-17(20)12-19-13-25-23(30-19)21-6-3-11-26(21)14-16-7-9-18(10-8-16)29-15-22(27)28/h1-2,4-5,7-10,13,21H,3,6,11-12,14-15H2,(H,27,28). The van der Waals surface area contributed by atoms with E-state index in [0.717, 1.165) is 31.5 Å². The Morgan fingerprint density at radius 2 is 2.03 bits per heavy atom. The third-order valence-corrected chi connectivity index (χ3v) is 5.21. The van der Waals surface area contributed by atoms with Crippen molar-refractivity contribution in [3.8, 4) is 5.75 Å². The number of carboxylic acids is 1. The second kappa shape index (κ2) is 9.09. The average molecular weight is 410 g/mol. The lowest BCUT2D eigenvalue weighted by atomic mass is 10.1. The Morgan fingerprint density at radius 1 is 1.23 bits per heavy atom. The molecule has 0 amide bonds. The zero-order chi connectivity index (χ0) is 20.9. The van der Waals surface area contributed by atoms with Crippen LogP contribution in [0.25, 0.3) is 0 Å². The molecule has 2 aromatic carbocycles. The van der Waals surface area contributed by atoms with Crippen LogP contribution >= 0.6 is 0 Å². The predicted octanol–water partition coefficient (Wildman–Crippen LogP) is 4.21. The summed E-state index contributed by atoms with van der Waals surface area (Å²) < 4.78 is 25.0. The molecule has 6 nitrogen and oxygen atoms in total. The van der Waals surface area contributed by atoms with E-state index in [4.69, 9.17) is 14.3 Å². The van der Waals surface area contributed by atoms with E-state index in [2.05, 4.69) is 9.88 Å². The highest BCUT2D eigenvalue weighted by molar-refractivity contribution is 5.68. The third-order valence-electron chi connectivity index (χ3n) is 5.21. The molecule has 0 radical (unpaired) electrons. The van der Waals surface area contributed by atoms with Crippen LogP contribution in [0.15, 0.2) is 59.1 Å². The lowest BCUT2D eigenvalue weighted by Crippen LogP contribution is -2.23. The molecule has 1 N–H and O–H groups in total. The van der Waals surface area contributed by atoms with Crippen molar-refractivity contribution in [2.45, 2.75) is 31.8 Å². The number of hydrogen-bond acceptors (Lipinski definition) is 5. The fraction of sp³-hybridized carbons (Fsp3) is 0.304. The van der Waals surface area contributed by atoms with Gasteiger partial charge in [0.1, 0.15) is 17.3 Å². The molecule has 7 heteroatoms. The summed E-state index contributed by atoms with van der Waals surface area (Å²) in [5, 5.41) is 8.69. The number of carbonyl (C=O) groups is 1. The quantitative estimate of drug-likeness (QED) is 0.600. The van der Waals surface area contributed by atoms with Crippen molar-refractivity contribution in [3.05, 3.63) is 83.3 Å². The molecule has 1 saturated heterocycles. The molecule has 0 spiro atoms. The molecule has 4 rings (SSSR count). The number of rotatable bonds is 8. The molecule has 3 aromatic rings. The summed E-state index contributed by atoms with van der Waals surface area (Å²) in [5.41, 5.74) is 1.69. The monoisotopic (exact) mass is 410 g/mol. The SMILES string of the molecule is O=C(O)COc1ccc(CN2CCCC2c2ncc(Cc3ccccc3F)o2)cc1. The van der Waals surface area contributed by atoms with Crippen LogP contribution in [-0.4, -0.2) is 34.1 Å². The molecule has 1 aliphatic rings. The van der Waals surface area contributed by atoms with Crippen LogP contribution in [0.1, 0.15) is 41.7 Å². The predicted molar refractivity (Wildman–Crippen MR) is 108 cm³/mol. The summed E-state index contributed by atoms with van der Waals surface area (Å²) in [6.07, 6.45) is 4.08. The Balaban J connectivity index is 1.40. The number of likely N-dealkylation sites (tertiary alicyclic amines) is 1. The highest BCUT2D eigenvalue weighted by atomic mass is 19.1. The molecule has 0 saturated carbocycles. The van der Waals surface area contributed by atoms with Gasteiger partial charge in [-0.25, -0.2) is 14.2 Å². The lowest BCUT2D eigenvalue weighted by Gasteiger charge is -2.22. The van der Waals surface area contributed by atoms with Crippen LogP contribution in [0.3, 0.4) is 0 Å². The summed E-state index contributed by atoms with van der Waals surface area (Å²) in [7, 11) is 0. The van der Waals surface area contributed by atoms with E-state index in [1.54, 1.807) is 30.5 Å². The van der Waals surface area contributed by atoms with Crippen LogP contribution in [0, 0.1) is 5.82 Å². The number of oxazole rings is 1. The number of hydrogen-bond donors (Lipinski definition) is 1. The molecule has 1 aromatic heterocycles. The molecule has 1 fully saturated rings. The minimum absolute atomic E-state index is 0.0855. The number of benzene rings is 2. The van der Waals surface area contributed by atoms with E-state index in [1.165, 1.54) is 6.07 Å². The summed E-state index contributed by atoms with van der Waals surface area (Å²) in [5.74, 6) is 0.611. The maximum atomic E-state index is 13.9. The van der Waals surface area contributed by atoms with Gasteiger partial charge in [-0.3, -0.25) is 4.90 Å². The first-order chi connectivity index (χ1) is 14.6. The minimum atomic E-state index is -1.00. The average Bonchev–Trinajstić information content (AvgIpc) is 3.38. The topological polar surface area (TPSA) is 75.8 Å². The normalized spacial score (nSPS) is 16.6. The maximum Gasteiger partial charge on any atom is 0.341 e. The lowest BCUT2D eigenvalue weighted by molar-refractivity contribution is -0.139. The van der Waals surface area contributed by atoms with Crippen LogP contribution in [0.5, 0.6) is 5.75 Å². The van der Waals surface area contributed by atoms with E-state index in [9.17, 15) is 9.18 Å². The highest BCUT2D eigenvalue weighted by Gasteiger charge is 2.30. The third kappa shape index (κ3) is 4.86. The van der Waals surface area contributed by atoms with Gasteiger partial charge in [0.05, 0.1) is 12.2 Å². The molecule has 1 aliphatic heterocycles. The number of halogens is 1.